The molecule has 1 N–H and O–H groups in total. The van der Waals surface area contributed by atoms with Crippen molar-refractivity contribution in [1.82, 2.24) is 4.98 Å². The number of methoxy groups -OCH3 is 1. The first-order valence-corrected chi connectivity index (χ1v) is 7.07. The van der Waals surface area contributed by atoms with Gasteiger partial charge in [0.15, 0.2) is 0 Å². The van der Waals surface area contributed by atoms with E-state index in [4.69, 9.17) is 4.74 Å². The van der Waals surface area contributed by atoms with Crippen molar-refractivity contribution >= 4 is 5.97 Å². The molecular formula is C17H17NO3. The van der Waals surface area contributed by atoms with E-state index < -0.39 is 5.97 Å². The molecule has 0 saturated heterocycles. The number of aromatic carboxylic acids is 1. The van der Waals surface area contributed by atoms with E-state index in [1.54, 1.807) is 13.2 Å². The average Bonchev–Trinajstić information content (AvgIpc) is 2.52. The van der Waals surface area contributed by atoms with E-state index in [-0.39, 0.29) is 0 Å². The third-order valence-electron chi connectivity index (χ3n) is 3.98. The number of pyridine rings is 1. The molecule has 0 radical (unpaired) electrons. The summed E-state index contributed by atoms with van der Waals surface area (Å²) in [5, 5.41) is 9.32. The van der Waals surface area contributed by atoms with Crippen LogP contribution in [-0.4, -0.2) is 23.2 Å². The Hall–Kier alpha value is -2.36. The second-order valence-corrected chi connectivity index (χ2v) is 5.17. The number of fused-ring (bicyclic) bond motifs is 3. The van der Waals surface area contributed by atoms with E-state index in [9.17, 15) is 9.90 Å². The van der Waals surface area contributed by atoms with Crippen molar-refractivity contribution in [3.63, 3.8) is 0 Å². The molecule has 1 aromatic heterocycles. The first-order valence-electron chi connectivity index (χ1n) is 7.07. The quantitative estimate of drug-likeness (QED) is 0.940. The summed E-state index contributed by atoms with van der Waals surface area (Å²) < 4.78 is 5.29. The number of benzene rings is 1. The molecule has 108 valence electrons. The van der Waals surface area contributed by atoms with Crippen LogP contribution < -0.4 is 4.74 Å². The van der Waals surface area contributed by atoms with Crippen LogP contribution >= 0.6 is 0 Å². The number of aromatic nitrogens is 1. The first kappa shape index (κ1) is 13.6. The second kappa shape index (κ2) is 5.20. The van der Waals surface area contributed by atoms with Gasteiger partial charge in [-0.3, -0.25) is 4.98 Å². The van der Waals surface area contributed by atoms with Gasteiger partial charge in [-0.05, 0) is 48.6 Å². The molecular weight excluding hydrogens is 266 g/mol. The minimum Gasteiger partial charge on any atom is -0.497 e. The zero-order valence-corrected chi connectivity index (χ0v) is 12.1. The lowest BCUT2D eigenvalue weighted by molar-refractivity contribution is 0.0695. The van der Waals surface area contributed by atoms with Gasteiger partial charge in [-0.25, -0.2) is 4.79 Å². The molecule has 0 spiro atoms. The Bertz CT molecular complexity index is 722. The van der Waals surface area contributed by atoms with Gasteiger partial charge in [0.1, 0.15) is 5.75 Å². The lowest BCUT2D eigenvalue weighted by Crippen LogP contribution is -2.12. The molecule has 4 nitrogen and oxygen atoms in total. The van der Waals surface area contributed by atoms with E-state index >= 15 is 0 Å². The molecule has 3 rings (SSSR count). The zero-order valence-electron chi connectivity index (χ0n) is 12.1. The van der Waals surface area contributed by atoms with Crippen LogP contribution in [0.3, 0.4) is 0 Å². The molecule has 0 bridgehead atoms. The molecule has 1 heterocycles. The Morgan fingerprint density at radius 2 is 2.05 bits per heavy atom. The normalized spacial score (nSPS) is 12.5. The highest BCUT2D eigenvalue weighted by molar-refractivity contribution is 5.90. The topological polar surface area (TPSA) is 59.4 Å². The highest BCUT2D eigenvalue weighted by Gasteiger charge is 2.22. The van der Waals surface area contributed by atoms with Crippen molar-refractivity contribution in [2.45, 2.75) is 26.2 Å². The van der Waals surface area contributed by atoms with Gasteiger partial charge in [0.05, 0.1) is 24.1 Å². The van der Waals surface area contributed by atoms with Crippen LogP contribution in [-0.2, 0) is 19.3 Å². The van der Waals surface area contributed by atoms with Crippen LogP contribution in [0.25, 0.3) is 11.3 Å². The monoisotopic (exact) mass is 283 g/mol. The van der Waals surface area contributed by atoms with Crippen molar-refractivity contribution in [3.05, 3.63) is 46.6 Å². The van der Waals surface area contributed by atoms with Crippen molar-refractivity contribution in [3.8, 4) is 17.0 Å². The Kier molecular flexibility index (Phi) is 3.37. The van der Waals surface area contributed by atoms with Crippen LogP contribution in [0.15, 0.2) is 24.3 Å². The third-order valence-corrected chi connectivity index (χ3v) is 3.98. The maximum absolute atomic E-state index is 11.4. The largest absolute Gasteiger partial charge is 0.497 e. The molecule has 1 aliphatic carbocycles. The van der Waals surface area contributed by atoms with E-state index in [1.807, 2.05) is 19.1 Å². The lowest BCUT2D eigenvalue weighted by Gasteiger charge is -2.21. The van der Waals surface area contributed by atoms with Crippen LogP contribution in [0.5, 0.6) is 5.75 Å². The predicted octanol–water partition coefficient (Wildman–Crippen LogP) is 3.12. The van der Waals surface area contributed by atoms with Gasteiger partial charge < -0.3 is 9.84 Å². The van der Waals surface area contributed by atoms with Gasteiger partial charge in [0.2, 0.25) is 0 Å². The zero-order chi connectivity index (χ0) is 15.0. The summed E-state index contributed by atoms with van der Waals surface area (Å²) >= 11 is 0. The van der Waals surface area contributed by atoms with Crippen molar-refractivity contribution < 1.29 is 14.6 Å². The Morgan fingerprint density at radius 1 is 1.29 bits per heavy atom. The molecule has 0 aliphatic heterocycles. The molecule has 21 heavy (non-hydrogen) atoms. The van der Waals surface area contributed by atoms with Gasteiger partial charge in [0, 0.05) is 5.56 Å². The number of nitrogens with zero attached hydrogens (tertiary/aromatic N) is 1. The van der Waals surface area contributed by atoms with E-state index in [1.165, 1.54) is 5.56 Å². The van der Waals surface area contributed by atoms with Crippen molar-refractivity contribution in [1.29, 1.82) is 0 Å². The number of hydrogen-bond acceptors (Lipinski definition) is 3. The second-order valence-electron chi connectivity index (χ2n) is 5.17. The van der Waals surface area contributed by atoms with Crippen molar-refractivity contribution in [2.75, 3.05) is 7.11 Å². The van der Waals surface area contributed by atoms with Gasteiger partial charge in [-0.1, -0.05) is 13.0 Å². The number of hydrogen-bond donors (Lipinski definition) is 1. The first-order chi connectivity index (χ1) is 10.1. The van der Waals surface area contributed by atoms with Gasteiger partial charge in [-0.2, -0.15) is 0 Å². The van der Waals surface area contributed by atoms with Crippen LogP contribution in [0.1, 0.15) is 34.1 Å². The van der Waals surface area contributed by atoms with Crippen LogP contribution in [0.2, 0.25) is 0 Å². The number of aryl methyl sites for hydroxylation is 3. The molecule has 4 heteroatoms. The minimum atomic E-state index is -0.904. The number of rotatable bonds is 3. The number of carbonyl (C=O) groups is 1. The standard InChI is InChI=1S/C17H17NO3/c1-3-15-14(17(19)20)8-11-5-4-10-6-7-12(21-2)9-13(10)16(11)18-15/h6-9H,3-5H2,1-2H3,(H,19,20). The third kappa shape index (κ3) is 2.27. The Balaban J connectivity index is 2.22. The predicted molar refractivity (Wildman–Crippen MR) is 80.0 cm³/mol. The summed E-state index contributed by atoms with van der Waals surface area (Å²) in [7, 11) is 1.64. The van der Waals surface area contributed by atoms with Gasteiger partial charge in [0.25, 0.3) is 0 Å². The summed E-state index contributed by atoms with van der Waals surface area (Å²) in [6, 6.07) is 7.79. The number of ether oxygens (including phenoxy) is 1. The SMILES string of the molecule is CCc1nc2c(cc1C(=O)O)CCc1ccc(OC)cc1-2. The fraction of sp³-hybridized carbons (Fsp3) is 0.294. The number of carboxylic acids is 1. The fourth-order valence-electron chi connectivity index (χ4n) is 2.86. The molecule has 0 saturated carbocycles. The van der Waals surface area contributed by atoms with E-state index in [2.05, 4.69) is 11.1 Å². The van der Waals surface area contributed by atoms with Crippen molar-refractivity contribution in [2.24, 2.45) is 0 Å². The molecule has 0 unspecified atom stereocenters. The highest BCUT2D eigenvalue weighted by Crippen LogP contribution is 2.35. The molecule has 2 aromatic rings. The summed E-state index contributed by atoms with van der Waals surface area (Å²) in [5.41, 5.74) is 5.16. The lowest BCUT2D eigenvalue weighted by atomic mass is 9.87. The van der Waals surface area contributed by atoms with Gasteiger partial charge >= 0.3 is 5.97 Å². The molecule has 1 aliphatic rings. The molecule has 1 aromatic carbocycles. The maximum atomic E-state index is 11.4. The van der Waals surface area contributed by atoms with E-state index in [0.29, 0.717) is 17.7 Å². The van der Waals surface area contributed by atoms with Gasteiger partial charge in [-0.15, -0.1) is 0 Å². The summed E-state index contributed by atoms with van der Waals surface area (Å²) in [6.07, 6.45) is 2.33. The smallest absolute Gasteiger partial charge is 0.337 e. The minimum absolute atomic E-state index is 0.322. The Labute approximate surface area is 123 Å². The molecule has 0 atom stereocenters. The fourth-order valence-corrected chi connectivity index (χ4v) is 2.86. The molecule has 0 fully saturated rings. The van der Waals surface area contributed by atoms with E-state index in [0.717, 1.165) is 35.4 Å². The number of carboxylic acid groups (broad SMARTS) is 1. The maximum Gasteiger partial charge on any atom is 0.337 e. The highest BCUT2D eigenvalue weighted by atomic mass is 16.5. The summed E-state index contributed by atoms with van der Waals surface area (Å²) in [6.45, 7) is 1.93. The van der Waals surface area contributed by atoms with Crippen LogP contribution in [0.4, 0.5) is 0 Å². The molecule has 0 amide bonds. The summed E-state index contributed by atoms with van der Waals surface area (Å²) in [5.74, 6) is -0.109. The Morgan fingerprint density at radius 3 is 2.71 bits per heavy atom. The summed E-state index contributed by atoms with van der Waals surface area (Å²) in [4.78, 5) is 16.0. The van der Waals surface area contributed by atoms with Crippen LogP contribution in [0, 0.1) is 0 Å². The average molecular weight is 283 g/mol.